The summed E-state index contributed by atoms with van der Waals surface area (Å²) in [5.74, 6) is -0.0857. The summed E-state index contributed by atoms with van der Waals surface area (Å²) >= 11 is 1.24. The van der Waals surface area contributed by atoms with Crippen LogP contribution in [0.15, 0.2) is 29.6 Å². The first-order valence-electron chi connectivity index (χ1n) is 6.40. The number of nitrogens with two attached hydrogens (primary N) is 1. The van der Waals surface area contributed by atoms with Gasteiger partial charge in [-0.2, -0.15) is 0 Å². The molecule has 0 fully saturated rings. The average molecular weight is 327 g/mol. The van der Waals surface area contributed by atoms with Gasteiger partial charge in [-0.3, -0.25) is 4.72 Å². The van der Waals surface area contributed by atoms with Crippen molar-refractivity contribution in [2.75, 3.05) is 29.4 Å². The summed E-state index contributed by atoms with van der Waals surface area (Å²) < 4.78 is 31.1. The number of nitrogens with zero attached hydrogens (tertiary/aromatic N) is 1. The van der Waals surface area contributed by atoms with E-state index in [4.69, 9.17) is 10.5 Å². The Balaban J connectivity index is 2.04. The summed E-state index contributed by atoms with van der Waals surface area (Å²) in [7, 11) is -3.43. The Labute approximate surface area is 128 Å². The Morgan fingerprint density at radius 1 is 1.33 bits per heavy atom. The van der Waals surface area contributed by atoms with Crippen LogP contribution in [0.1, 0.15) is 6.92 Å². The van der Waals surface area contributed by atoms with Gasteiger partial charge in [0.2, 0.25) is 10.0 Å². The van der Waals surface area contributed by atoms with Gasteiger partial charge < -0.3 is 10.5 Å². The fourth-order valence-electron chi connectivity index (χ4n) is 1.60. The molecule has 21 heavy (non-hydrogen) atoms. The zero-order chi connectivity index (χ0) is 15.3. The molecule has 8 heteroatoms. The number of benzene rings is 1. The van der Waals surface area contributed by atoms with Crippen LogP contribution in [-0.4, -0.2) is 32.4 Å². The maximum Gasteiger partial charge on any atom is 0.236 e. The average Bonchev–Trinajstić information content (AvgIpc) is 2.87. The van der Waals surface area contributed by atoms with Crippen LogP contribution in [0.2, 0.25) is 0 Å². The van der Waals surface area contributed by atoms with Gasteiger partial charge in [-0.1, -0.05) is 12.1 Å². The lowest BCUT2D eigenvalue weighted by molar-refractivity contribution is 0.163. The van der Waals surface area contributed by atoms with E-state index in [2.05, 4.69) is 9.71 Å². The fraction of sp³-hybridized carbons (Fsp3) is 0.308. The van der Waals surface area contributed by atoms with E-state index in [0.29, 0.717) is 23.1 Å². The van der Waals surface area contributed by atoms with Crippen LogP contribution >= 0.6 is 11.3 Å². The van der Waals surface area contributed by atoms with Crippen molar-refractivity contribution in [3.8, 4) is 11.3 Å². The highest BCUT2D eigenvalue weighted by Gasteiger charge is 2.13. The Bertz CT molecular complexity index is 681. The third-order valence-corrected chi connectivity index (χ3v) is 4.75. The molecule has 0 saturated heterocycles. The predicted molar refractivity (Wildman–Crippen MR) is 85.9 cm³/mol. The molecular weight excluding hydrogens is 310 g/mol. The minimum absolute atomic E-state index is 0.0857. The minimum Gasteiger partial charge on any atom is -0.399 e. The molecule has 1 heterocycles. The Morgan fingerprint density at radius 2 is 2.05 bits per heavy atom. The Morgan fingerprint density at radius 3 is 2.71 bits per heavy atom. The number of ether oxygens (including phenoxy) is 1. The number of hydrogen-bond acceptors (Lipinski definition) is 6. The molecule has 0 saturated carbocycles. The summed E-state index contributed by atoms with van der Waals surface area (Å²) in [6.45, 7) is 2.48. The van der Waals surface area contributed by atoms with Crippen LogP contribution in [-0.2, 0) is 14.8 Å². The molecular formula is C13H17N3O3S2. The van der Waals surface area contributed by atoms with Crippen LogP contribution in [0.3, 0.4) is 0 Å². The summed E-state index contributed by atoms with van der Waals surface area (Å²) in [4.78, 5) is 4.27. The lowest BCUT2D eigenvalue weighted by Crippen LogP contribution is -2.20. The van der Waals surface area contributed by atoms with E-state index >= 15 is 0 Å². The topological polar surface area (TPSA) is 94.3 Å². The maximum atomic E-state index is 11.8. The maximum absolute atomic E-state index is 11.8. The number of anilines is 2. The van der Waals surface area contributed by atoms with Gasteiger partial charge in [-0.15, -0.1) is 11.3 Å². The monoisotopic (exact) mass is 327 g/mol. The van der Waals surface area contributed by atoms with E-state index in [-0.39, 0.29) is 12.4 Å². The third kappa shape index (κ3) is 4.69. The molecule has 0 aliphatic rings. The number of aromatic nitrogens is 1. The normalized spacial score (nSPS) is 11.5. The van der Waals surface area contributed by atoms with E-state index in [0.717, 1.165) is 5.56 Å². The molecule has 114 valence electrons. The number of hydrogen-bond donors (Lipinski definition) is 2. The summed E-state index contributed by atoms with van der Waals surface area (Å²) in [5, 5.41) is 2.14. The van der Waals surface area contributed by atoms with Gasteiger partial charge in [0.25, 0.3) is 0 Å². The standard InChI is InChI=1S/C13H17N3O3S2/c1-2-19-7-8-21(17,18)16-13-15-12(9-20-13)10-3-5-11(14)6-4-10/h3-6,9H,2,7-8,14H2,1H3,(H,15,16). The first-order valence-corrected chi connectivity index (χ1v) is 8.93. The van der Waals surface area contributed by atoms with E-state index in [1.807, 2.05) is 19.1 Å². The van der Waals surface area contributed by atoms with E-state index in [1.165, 1.54) is 11.3 Å². The summed E-state index contributed by atoms with van der Waals surface area (Å²) in [6, 6.07) is 7.25. The first-order chi connectivity index (χ1) is 10.00. The van der Waals surface area contributed by atoms with Crippen LogP contribution in [0.5, 0.6) is 0 Å². The largest absolute Gasteiger partial charge is 0.399 e. The lowest BCUT2D eigenvalue weighted by atomic mass is 10.2. The quantitative estimate of drug-likeness (QED) is 0.600. The van der Waals surface area contributed by atoms with Crippen molar-refractivity contribution < 1.29 is 13.2 Å². The van der Waals surface area contributed by atoms with Gasteiger partial charge in [0.15, 0.2) is 5.13 Å². The van der Waals surface area contributed by atoms with E-state index in [9.17, 15) is 8.42 Å². The molecule has 0 aliphatic carbocycles. The van der Waals surface area contributed by atoms with Gasteiger partial charge in [-0.25, -0.2) is 13.4 Å². The van der Waals surface area contributed by atoms with Crippen molar-refractivity contribution in [1.82, 2.24) is 4.98 Å². The number of sulfonamides is 1. The molecule has 2 rings (SSSR count). The number of nitrogen functional groups attached to an aromatic ring is 1. The van der Waals surface area contributed by atoms with E-state index < -0.39 is 10.0 Å². The van der Waals surface area contributed by atoms with Crippen LogP contribution < -0.4 is 10.5 Å². The summed E-state index contributed by atoms with van der Waals surface area (Å²) in [5.41, 5.74) is 7.90. The minimum atomic E-state index is -3.43. The molecule has 1 aromatic heterocycles. The van der Waals surface area contributed by atoms with Gasteiger partial charge in [0, 0.05) is 23.2 Å². The molecule has 0 radical (unpaired) electrons. The van der Waals surface area contributed by atoms with Crippen LogP contribution in [0.4, 0.5) is 10.8 Å². The Kier molecular flexibility index (Phi) is 5.16. The zero-order valence-electron chi connectivity index (χ0n) is 11.6. The summed E-state index contributed by atoms with van der Waals surface area (Å²) in [6.07, 6.45) is 0. The smallest absolute Gasteiger partial charge is 0.236 e. The molecule has 1 aromatic carbocycles. The Hall–Kier alpha value is -1.64. The SMILES string of the molecule is CCOCCS(=O)(=O)Nc1nc(-c2ccc(N)cc2)cs1. The van der Waals surface area contributed by atoms with Gasteiger partial charge in [0.1, 0.15) is 0 Å². The molecule has 6 nitrogen and oxygen atoms in total. The number of rotatable bonds is 7. The first kappa shape index (κ1) is 15.7. The van der Waals surface area contributed by atoms with Crippen molar-refractivity contribution in [2.24, 2.45) is 0 Å². The van der Waals surface area contributed by atoms with Crippen LogP contribution in [0.25, 0.3) is 11.3 Å². The molecule has 0 bridgehead atoms. The second-order valence-electron chi connectivity index (χ2n) is 4.28. The highest BCUT2D eigenvalue weighted by Crippen LogP contribution is 2.26. The van der Waals surface area contributed by atoms with E-state index in [1.54, 1.807) is 17.5 Å². The third-order valence-electron chi connectivity index (χ3n) is 2.65. The fourth-order valence-corrected chi connectivity index (χ4v) is 3.49. The molecule has 0 atom stereocenters. The van der Waals surface area contributed by atoms with Crippen LogP contribution in [0, 0.1) is 0 Å². The molecule has 2 aromatic rings. The van der Waals surface area contributed by atoms with Crippen molar-refractivity contribution in [1.29, 1.82) is 0 Å². The van der Waals surface area contributed by atoms with Gasteiger partial charge in [-0.05, 0) is 19.1 Å². The molecule has 3 N–H and O–H groups in total. The molecule has 0 unspecified atom stereocenters. The lowest BCUT2D eigenvalue weighted by Gasteiger charge is -2.04. The van der Waals surface area contributed by atoms with Crippen molar-refractivity contribution in [2.45, 2.75) is 6.92 Å². The molecule has 0 aliphatic heterocycles. The number of thiazole rings is 1. The van der Waals surface area contributed by atoms with Crippen molar-refractivity contribution in [3.63, 3.8) is 0 Å². The highest BCUT2D eigenvalue weighted by atomic mass is 32.2. The number of nitrogens with one attached hydrogen (secondary N) is 1. The molecule has 0 spiro atoms. The van der Waals surface area contributed by atoms with Crippen molar-refractivity contribution in [3.05, 3.63) is 29.6 Å². The predicted octanol–water partition coefficient (Wildman–Crippen LogP) is 2.17. The zero-order valence-corrected chi connectivity index (χ0v) is 13.2. The highest BCUT2D eigenvalue weighted by molar-refractivity contribution is 7.92. The second-order valence-corrected chi connectivity index (χ2v) is 6.98. The second kappa shape index (κ2) is 6.88. The van der Waals surface area contributed by atoms with Gasteiger partial charge >= 0.3 is 0 Å². The van der Waals surface area contributed by atoms with Crippen molar-refractivity contribution >= 4 is 32.2 Å². The molecule has 0 amide bonds. The van der Waals surface area contributed by atoms with Gasteiger partial charge in [0.05, 0.1) is 18.1 Å².